The number of hydrogen-bond acceptors (Lipinski definition) is 2. The van der Waals surface area contributed by atoms with Crippen LogP contribution in [0.15, 0.2) is 24.3 Å². The zero-order valence-electron chi connectivity index (χ0n) is 12.5. The maximum Gasteiger partial charge on any atom is 0.305 e. The first kappa shape index (κ1) is 15.5. The van der Waals surface area contributed by atoms with Gasteiger partial charge in [0.2, 0.25) is 0 Å². The Morgan fingerprint density at radius 2 is 1.90 bits per heavy atom. The number of aryl methyl sites for hydroxylation is 1. The monoisotopic (exact) mass is 289 g/mol. The summed E-state index contributed by atoms with van der Waals surface area (Å²) in [6, 6.07) is 7.97. The van der Waals surface area contributed by atoms with E-state index >= 15 is 0 Å². The summed E-state index contributed by atoms with van der Waals surface area (Å²) in [6.45, 7) is 2.46. The van der Waals surface area contributed by atoms with Gasteiger partial charge < -0.3 is 10.0 Å². The zero-order valence-corrected chi connectivity index (χ0v) is 12.5. The van der Waals surface area contributed by atoms with E-state index in [1.54, 1.807) is 4.90 Å². The number of carbonyl (C=O) groups is 2. The summed E-state index contributed by atoms with van der Waals surface area (Å²) >= 11 is 0. The highest BCUT2D eigenvalue weighted by Gasteiger charge is 2.33. The molecule has 1 fully saturated rings. The lowest BCUT2D eigenvalue weighted by atomic mass is 10.1. The molecule has 1 aliphatic rings. The lowest BCUT2D eigenvalue weighted by molar-refractivity contribution is -0.137. The topological polar surface area (TPSA) is 57.6 Å². The minimum Gasteiger partial charge on any atom is -0.481 e. The van der Waals surface area contributed by atoms with Gasteiger partial charge in [0, 0.05) is 18.2 Å². The van der Waals surface area contributed by atoms with Gasteiger partial charge in [-0.05, 0) is 43.4 Å². The second-order valence-corrected chi connectivity index (χ2v) is 5.67. The van der Waals surface area contributed by atoms with Gasteiger partial charge in [0.05, 0.1) is 6.42 Å². The molecule has 2 rings (SSSR count). The zero-order chi connectivity index (χ0) is 15.2. The van der Waals surface area contributed by atoms with Gasteiger partial charge in [0.1, 0.15) is 0 Å². The van der Waals surface area contributed by atoms with Gasteiger partial charge in [-0.1, -0.05) is 25.5 Å². The molecule has 4 nitrogen and oxygen atoms in total. The van der Waals surface area contributed by atoms with E-state index < -0.39 is 5.97 Å². The van der Waals surface area contributed by atoms with Crippen LogP contribution in [-0.2, 0) is 11.2 Å². The third kappa shape index (κ3) is 4.59. The largest absolute Gasteiger partial charge is 0.481 e. The van der Waals surface area contributed by atoms with Crippen molar-refractivity contribution in [2.24, 2.45) is 0 Å². The van der Waals surface area contributed by atoms with E-state index in [0.717, 1.165) is 32.1 Å². The minimum atomic E-state index is -0.858. The summed E-state index contributed by atoms with van der Waals surface area (Å²) in [7, 11) is 0. The Morgan fingerprint density at radius 1 is 1.24 bits per heavy atom. The Hall–Kier alpha value is -1.84. The van der Waals surface area contributed by atoms with Gasteiger partial charge in [-0.3, -0.25) is 9.59 Å². The number of nitrogens with zero attached hydrogens (tertiary/aromatic N) is 1. The Bertz CT molecular complexity index is 491. The van der Waals surface area contributed by atoms with Crippen LogP contribution in [0.3, 0.4) is 0 Å². The first-order valence-electron chi connectivity index (χ1n) is 7.73. The van der Waals surface area contributed by atoms with Crippen molar-refractivity contribution in [3.63, 3.8) is 0 Å². The summed E-state index contributed by atoms with van der Waals surface area (Å²) in [6.07, 6.45) is 5.33. The molecular formula is C17H23NO3. The fraction of sp³-hybridized carbons (Fsp3) is 0.529. The maximum absolute atomic E-state index is 12.5. The predicted octanol–water partition coefficient (Wildman–Crippen LogP) is 3.11. The summed E-state index contributed by atoms with van der Waals surface area (Å²) in [5.74, 6) is -0.899. The molecule has 0 saturated heterocycles. The SMILES string of the molecule is CCCCc1ccc(C(=O)N(CCC(=O)O)C2CC2)cc1. The van der Waals surface area contributed by atoms with Gasteiger partial charge in [0.25, 0.3) is 5.91 Å². The number of amides is 1. The molecule has 4 heteroatoms. The van der Waals surface area contributed by atoms with E-state index in [4.69, 9.17) is 5.11 Å². The molecule has 1 amide bonds. The van der Waals surface area contributed by atoms with Gasteiger partial charge in [0.15, 0.2) is 0 Å². The number of carboxylic acid groups (broad SMARTS) is 1. The van der Waals surface area contributed by atoms with Crippen LogP contribution in [0.2, 0.25) is 0 Å². The number of carboxylic acids is 1. The molecule has 0 bridgehead atoms. The van der Waals surface area contributed by atoms with Crippen LogP contribution in [0, 0.1) is 0 Å². The van der Waals surface area contributed by atoms with Gasteiger partial charge >= 0.3 is 5.97 Å². The van der Waals surface area contributed by atoms with Crippen molar-refractivity contribution in [2.75, 3.05) is 6.54 Å². The van der Waals surface area contributed by atoms with Crippen LogP contribution in [0.1, 0.15) is 54.9 Å². The van der Waals surface area contributed by atoms with E-state index in [-0.39, 0.29) is 18.4 Å². The Kier molecular flexibility index (Phi) is 5.37. The molecule has 0 heterocycles. The summed E-state index contributed by atoms with van der Waals surface area (Å²) in [4.78, 5) is 24.9. The average Bonchev–Trinajstić information content (AvgIpc) is 3.30. The molecule has 1 N–H and O–H groups in total. The normalized spacial score (nSPS) is 14.0. The third-order valence-electron chi connectivity index (χ3n) is 3.83. The molecule has 21 heavy (non-hydrogen) atoms. The van der Waals surface area contributed by atoms with Crippen LogP contribution in [0.5, 0.6) is 0 Å². The summed E-state index contributed by atoms with van der Waals surface area (Å²) < 4.78 is 0. The highest BCUT2D eigenvalue weighted by atomic mass is 16.4. The fourth-order valence-electron chi connectivity index (χ4n) is 2.41. The number of benzene rings is 1. The maximum atomic E-state index is 12.5. The minimum absolute atomic E-state index is 0.0107. The molecule has 0 radical (unpaired) electrons. The van der Waals surface area contributed by atoms with E-state index in [1.165, 1.54) is 5.56 Å². The fourth-order valence-corrected chi connectivity index (χ4v) is 2.41. The van der Waals surface area contributed by atoms with Crippen LogP contribution in [0.25, 0.3) is 0 Å². The second-order valence-electron chi connectivity index (χ2n) is 5.67. The second kappa shape index (κ2) is 7.25. The first-order valence-corrected chi connectivity index (χ1v) is 7.73. The number of carbonyl (C=O) groups excluding carboxylic acids is 1. The molecule has 1 aromatic rings. The van der Waals surface area contributed by atoms with E-state index in [0.29, 0.717) is 12.1 Å². The van der Waals surface area contributed by atoms with Gasteiger partial charge in [-0.15, -0.1) is 0 Å². The van der Waals surface area contributed by atoms with E-state index in [2.05, 4.69) is 6.92 Å². The van der Waals surface area contributed by atoms with E-state index in [1.807, 2.05) is 24.3 Å². The van der Waals surface area contributed by atoms with E-state index in [9.17, 15) is 9.59 Å². The molecule has 1 aliphatic carbocycles. The van der Waals surface area contributed by atoms with Crippen molar-refractivity contribution in [1.29, 1.82) is 0 Å². The average molecular weight is 289 g/mol. The van der Waals surface area contributed by atoms with Gasteiger partial charge in [-0.2, -0.15) is 0 Å². The van der Waals surface area contributed by atoms with Crippen molar-refractivity contribution < 1.29 is 14.7 Å². The smallest absolute Gasteiger partial charge is 0.305 e. The molecule has 0 unspecified atom stereocenters. The Balaban J connectivity index is 2.00. The Morgan fingerprint density at radius 3 is 2.43 bits per heavy atom. The number of hydrogen-bond donors (Lipinski definition) is 1. The van der Waals surface area contributed by atoms with Crippen molar-refractivity contribution in [3.05, 3.63) is 35.4 Å². The third-order valence-corrected chi connectivity index (χ3v) is 3.83. The van der Waals surface area contributed by atoms with Crippen LogP contribution in [-0.4, -0.2) is 34.5 Å². The highest BCUT2D eigenvalue weighted by molar-refractivity contribution is 5.94. The van der Waals surface area contributed by atoms with Crippen molar-refractivity contribution >= 4 is 11.9 Å². The Labute approximate surface area is 125 Å². The number of aliphatic carboxylic acids is 1. The first-order chi connectivity index (χ1) is 10.1. The molecule has 114 valence electrons. The molecule has 0 spiro atoms. The van der Waals surface area contributed by atoms with Crippen molar-refractivity contribution in [2.45, 2.75) is 51.5 Å². The number of rotatable bonds is 8. The van der Waals surface area contributed by atoms with Crippen molar-refractivity contribution in [3.8, 4) is 0 Å². The standard InChI is InChI=1S/C17H23NO3/c1-2-3-4-13-5-7-14(8-6-13)17(21)18(15-9-10-15)12-11-16(19)20/h5-8,15H,2-4,9-12H2,1H3,(H,19,20). The quantitative estimate of drug-likeness (QED) is 0.800. The molecular weight excluding hydrogens is 266 g/mol. The summed E-state index contributed by atoms with van der Waals surface area (Å²) in [5, 5.41) is 8.80. The predicted molar refractivity (Wildman–Crippen MR) is 81.4 cm³/mol. The number of unbranched alkanes of at least 4 members (excludes halogenated alkanes) is 1. The molecule has 1 aromatic carbocycles. The summed E-state index contributed by atoms with van der Waals surface area (Å²) in [5.41, 5.74) is 1.91. The molecule has 0 aromatic heterocycles. The van der Waals surface area contributed by atoms with Crippen molar-refractivity contribution in [1.82, 2.24) is 4.90 Å². The molecule has 0 atom stereocenters. The van der Waals surface area contributed by atoms with Crippen LogP contribution < -0.4 is 0 Å². The highest BCUT2D eigenvalue weighted by Crippen LogP contribution is 2.28. The van der Waals surface area contributed by atoms with Crippen LogP contribution in [0.4, 0.5) is 0 Å². The lowest BCUT2D eigenvalue weighted by Crippen LogP contribution is -2.35. The van der Waals surface area contributed by atoms with Gasteiger partial charge in [-0.25, -0.2) is 0 Å². The molecule has 1 saturated carbocycles. The van der Waals surface area contributed by atoms with Crippen LogP contribution >= 0.6 is 0 Å². The molecule has 0 aliphatic heterocycles. The lowest BCUT2D eigenvalue weighted by Gasteiger charge is -2.21.